The Kier molecular flexibility index (Phi) is 6.60. The summed E-state index contributed by atoms with van der Waals surface area (Å²) in [6.45, 7) is 3.92. The summed E-state index contributed by atoms with van der Waals surface area (Å²) in [5, 5.41) is 5.69. The lowest BCUT2D eigenvalue weighted by atomic mass is 10.1. The first kappa shape index (κ1) is 19.3. The van der Waals surface area contributed by atoms with Gasteiger partial charge in [-0.25, -0.2) is 0 Å². The van der Waals surface area contributed by atoms with Crippen LogP contribution in [0.2, 0.25) is 0 Å². The van der Waals surface area contributed by atoms with Crippen LogP contribution in [0.3, 0.4) is 0 Å². The third kappa shape index (κ3) is 4.33. The van der Waals surface area contributed by atoms with Gasteiger partial charge in [0.25, 0.3) is 11.8 Å². The molecular formula is C20H24N2O4. The Morgan fingerprint density at radius 3 is 2.31 bits per heavy atom. The normalized spacial score (nSPS) is 11.4. The monoisotopic (exact) mass is 356 g/mol. The first-order valence-corrected chi connectivity index (χ1v) is 8.44. The van der Waals surface area contributed by atoms with E-state index in [0.717, 1.165) is 6.42 Å². The van der Waals surface area contributed by atoms with E-state index in [1.54, 1.807) is 42.5 Å². The summed E-state index contributed by atoms with van der Waals surface area (Å²) in [6.07, 6.45) is 0.821. The summed E-state index contributed by atoms with van der Waals surface area (Å²) in [5.41, 5.74) is 1.16. The van der Waals surface area contributed by atoms with Crippen LogP contribution in [0.1, 0.15) is 41.0 Å². The highest BCUT2D eigenvalue weighted by molar-refractivity contribution is 6.10. The number of carbonyl (C=O) groups excluding carboxylic acids is 2. The molecule has 6 nitrogen and oxygen atoms in total. The number of para-hydroxylation sites is 2. The van der Waals surface area contributed by atoms with Crippen LogP contribution >= 0.6 is 0 Å². The molecule has 0 spiro atoms. The highest BCUT2D eigenvalue weighted by Crippen LogP contribution is 2.31. The summed E-state index contributed by atoms with van der Waals surface area (Å²) in [5.74, 6) is 0.189. The van der Waals surface area contributed by atoms with E-state index in [1.807, 2.05) is 13.8 Å². The second-order valence-electron chi connectivity index (χ2n) is 5.82. The third-order valence-electron chi connectivity index (χ3n) is 4.06. The molecule has 138 valence electrons. The molecule has 0 aliphatic heterocycles. The number of benzene rings is 2. The Balaban J connectivity index is 2.30. The minimum absolute atomic E-state index is 0.0461. The smallest absolute Gasteiger partial charge is 0.259 e. The molecule has 2 rings (SSSR count). The number of rotatable bonds is 7. The first-order chi connectivity index (χ1) is 12.5. The first-order valence-electron chi connectivity index (χ1n) is 8.44. The van der Waals surface area contributed by atoms with Gasteiger partial charge in [0.15, 0.2) is 11.5 Å². The number of methoxy groups -OCH3 is 2. The van der Waals surface area contributed by atoms with Gasteiger partial charge in [-0.1, -0.05) is 25.1 Å². The van der Waals surface area contributed by atoms with E-state index in [0.29, 0.717) is 28.3 Å². The molecule has 0 aromatic heterocycles. The number of hydrogen-bond donors (Lipinski definition) is 2. The van der Waals surface area contributed by atoms with Crippen molar-refractivity contribution in [3.63, 3.8) is 0 Å². The van der Waals surface area contributed by atoms with Gasteiger partial charge in [0.2, 0.25) is 0 Å². The maximum absolute atomic E-state index is 12.7. The predicted molar refractivity (Wildman–Crippen MR) is 101 cm³/mol. The predicted octanol–water partition coefficient (Wildman–Crippen LogP) is 3.48. The summed E-state index contributed by atoms with van der Waals surface area (Å²) in [6, 6.07) is 12.0. The van der Waals surface area contributed by atoms with Gasteiger partial charge in [0, 0.05) is 6.04 Å². The van der Waals surface area contributed by atoms with Crippen molar-refractivity contribution in [2.75, 3.05) is 19.5 Å². The fourth-order valence-corrected chi connectivity index (χ4v) is 2.45. The molecule has 0 saturated carbocycles. The fraction of sp³-hybridized carbons (Fsp3) is 0.300. The van der Waals surface area contributed by atoms with Crippen LogP contribution in [-0.2, 0) is 0 Å². The molecule has 26 heavy (non-hydrogen) atoms. The zero-order valence-corrected chi connectivity index (χ0v) is 15.5. The largest absolute Gasteiger partial charge is 0.493 e. The molecule has 2 N–H and O–H groups in total. The molecular weight excluding hydrogens is 332 g/mol. The van der Waals surface area contributed by atoms with Crippen molar-refractivity contribution < 1.29 is 19.1 Å². The Labute approximate surface area is 153 Å². The molecule has 2 amide bonds. The average molecular weight is 356 g/mol. The second-order valence-corrected chi connectivity index (χ2v) is 5.82. The van der Waals surface area contributed by atoms with E-state index in [9.17, 15) is 9.59 Å². The minimum atomic E-state index is -0.385. The number of carbonyl (C=O) groups is 2. The molecule has 0 bridgehead atoms. The van der Waals surface area contributed by atoms with Crippen LogP contribution in [0.4, 0.5) is 5.69 Å². The summed E-state index contributed by atoms with van der Waals surface area (Å²) in [4.78, 5) is 25.2. The molecule has 1 atom stereocenters. The molecule has 2 aromatic carbocycles. The maximum atomic E-state index is 12.7. The molecule has 2 aromatic rings. The van der Waals surface area contributed by atoms with Crippen molar-refractivity contribution in [2.45, 2.75) is 26.3 Å². The Hall–Kier alpha value is -3.02. The summed E-state index contributed by atoms with van der Waals surface area (Å²) < 4.78 is 10.5. The van der Waals surface area contributed by atoms with Gasteiger partial charge in [-0.15, -0.1) is 0 Å². The Morgan fingerprint density at radius 1 is 0.962 bits per heavy atom. The van der Waals surface area contributed by atoms with Crippen molar-refractivity contribution in [1.82, 2.24) is 5.32 Å². The highest BCUT2D eigenvalue weighted by Gasteiger charge is 2.19. The van der Waals surface area contributed by atoms with Crippen molar-refractivity contribution >= 4 is 17.5 Å². The minimum Gasteiger partial charge on any atom is -0.493 e. The maximum Gasteiger partial charge on any atom is 0.259 e. The lowest BCUT2D eigenvalue weighted by Gasteiger charge is -2.16. The van der Waals surface area contributed by atoms with Gasteiger partial charge in [-0.3, -0.25) is 9.59 Å². The zero-order chi connectivity index (χ0) is 19.1. The van der Waals surface area contributed by atoms with Crippen LogP contribution in [0.25, 0.3) is 0 Å². The van der Waals surface area contributed by atoms with E-state index in [4.69, 9.17) is 9.47 Å². The van der Waals surface area contributed by atoms with Crippen molar-refractivity contribution in [1.29, 1.82) is 0 Å². The van der Waals surface area contributed by atoms with E-state index < -0.39 is 0 Å². The van der Waals surface area contributed by atoms with Gasteiger partial charge in [0.05, 0.1) is 31.0 Å². The number of amides is 2. The molecule has 0 heterocycles. The van der Waals surface area contributed by atoms with Crippen LogP contribution in [0, 0.1) is 0 Å². The van der Waals surface area contributed by atoms with E-state index in [1.165, 1.54) is 14.2 Å². The summed E-state index contributed by atoms with van der Waals surface area (Å²) in [7, 11) is 2.98. The third-order valence-corrected chi connectivity index (χ3v) is 4.06. The van der Waals surface area contributed by atoms with Gasteiger partial charge in [-0.2, -0.15) is 0 Å². The van der Waals surface area contributed by atoms with Crippen LogP contribution in [0.15, 0.2) is 42.5 Å². The van der Waals surface area contributed by atoms with E-state index in [-0.39, 0.29) is 17.9 Å². The molecule has 0 radical (unpaired) electrons. The molecule has 0 aliphatic rings. The van der Waals surface area contributed by atoms with Gasteiger partial charge in [0.1, 0.15) is 0 Å². The van der Waals surface area contributed by atoms with Crippen molar-refractivity contribution in [2.24, 2.45) is 0 Å². The Bertz CT molecular complexity index is 789. The van der Waals surface area contributed by atoms with Crippen molar-refractivity contribution in [3.8, 4) is 11.5 Å². The van der Waals surface area contributed by atoms with Gasteiger partial charge >= 0.3 is 0 Å². The molecule has 0 fully saturated rings. The quantitative estimate of drug-likeness (QED) is 0.796. The number of ether oxygens (including phenoxy) is 2. The van der Waals surface area contributed by atoms with E-state index >= 15 is 0 Å². The van der Waals surface area contributed by atoms with Gasteiger partial charge < -0.3 is 20.1 Å². The summed E-state index contributed by atoms with van der Waals surface area (Å²) >= 11 is 0. The number of anilines is 1. The fourth-order valence-electron chi connectivity index (χ4n) is 2.45. The molecule has 0 unspecified atom stereocenters. The molecule has 0 aliphatic carbocycles. The average Bonchev–Trinajstić information content (AvgIpc) is 2.67. The standard InChI is InChI=1S/C20H24N2O4/c1-5-13(2)21-19(23)14-9-6-7-11-16(14)22-20(24)15-10-8-12-17(25-3)18(15)26-4/h6-13H,5H2,1-4H3,(H,21,23)(H,22,24)/t13-/m0/s1. The topological polar surface area (TPSA) is 76.7 Å². The number of hydrogen-bond acceptors (Lipinski definition) is 4. The second kappa shape index (κ2) is 8.89. The zero-order valence-electron chi connectivity index (χ0n) is 15.5. The SMILES string of the molecule is CC[C@H](C)NC(=O)c1ccccc1NC(=O)c1cccc(OC)c1OC. The molecule has 0 saturated heterocycles. The lowest BCUT2D eigenvalue weighted by molar-refractivity contribution is 0.0940. The highest BCUT2D eigenvalue weighted by atomic mass is 16.5. The van der Waals surface area contributed by atoms with Crippen LogP contribution in [-0.4, -0.2) is 32.1 Å². The molecule has 6 heteroatoms. The van der Waals surface area contributed by atoms with E-state index in [2.05, 4.69) is 10.6 Å². The number of nitrogens with one attached hydrogen (secondary N) is 2. The van der Waals surface area contributed by atoms with Gasteiger partial charge in [-0.05, 0) is 37.6 Å². The van der Waals surface area contributed by atoms with Crippen molar-refractivity contribution in [3.05, 3.63) is 53.6 Å². The van der Waals surface area contributed by atoms with Crippen LogP contribution < -0.4 is 20.1 Å². The Morgan fingerprint density at radius 2 is 1.65 bits per heavy atom. The van der Waals surface area contributed by atoms with Crippen LogP contribution in [0.5, 0.6) is 11.5 Å². The lowest BCUT2D eigenvalue weighted by Crippen LogP contribution is -2.32.